The fraction of sp³-hybridized carbons (Fsp3) is 0. The van der Waals surface area contributed by atoms with Crippen molar-refractivity contribution in [3.8, 4) is 0 Å². The molecule has 0 heterocycles. The Kier molecular flexibility index (Phi) is 2.59. The monoisotopic (exact) mass is 100 g/mol. The first-order chi connectivity index (χ1) is 3.27. The van der Waals surface area contributed by atoms with Gasteiger partial charge in [0.15, 0.2) is 5.88 Å². The Bertz CT molecular complexity index is 87.7. The standard InChI is InChI=1S/C4H8N2O/c1-4(6)7-3-2-5/h2-3H,1,5-6H2/b3-2-. The van der Waals surface area contributed by atoms with Crippen molar-refractivity contribution >= 4 is 0 Å². The molecule has 0 aliphatic heterocycles. The van der Waals surface area contributed by atoms with Gasteiger partial charge in [0.25, 0.3) is 0 Å². The van der Waals surface area contributed by atoms with Crippen molar-refractivity contribution < 1.29 is 4.74 Å². The van der Waals surface area contributed by atoms with E-state index in [0.717, 1.165) is 0 Å². The van der Waals surface area contributed by atoms with Crippen LogP contribution in [0.5, 0.6) is 0 Å². The highest BCUT2D eigenvalue weighted by molar-refractivity contribution is 4.77. The predicted molar refractivity (Wildman–Crippen MR) is 27.7 cm³/mol. The molecule has 0 bridgehead atoms. The molecule has 0 aromatic rings. The average Bonchev–Trinajstić information content (AvgIpc) is 1.61. The molecule has 0 aliphatic rings. The van der Waals surface area contributed by atoms with E-state index in [1.54, 1.807) is 0 Å². The molecule has 0 aliphatic carbocycles. The van der Waals surface area contributed by atoms with Crippen molar-refractivity contribution in [3.63, 3.8) is 0 Å². The molecule has 0 rings (SSSR count). The highest BCUT2D eigenvalue weighted by Gasteiger charge is 1.71. The lowest BCUT2D eigenvalue weighted by molar-refractivity contribution is 0.347. The Labute approximate surface area is 42.2 Å². The van der Waals surface area contributed by atoms with E-state index >= 15 is 0 Å². The molecule has 7 heavy (non-hydrogen) atoms. The summed E-state index contributed by atoms with van der Waals surface area (Å²) in [6.07, 6.45) is 2.49. The zero-order chi connectivity index (χ0) is 5.70. The summed E-state index contributed by atoms with van der Waals surface area (Å²) < 4.78 is 4.47. The van der Waals surface area contributed by atoms with E-state index < -0.39 is 0 Å². The number of hydrogen-bond acceptors (Lipinski definition) is 3. The minimum Gasteiger partial charge on any atom is -0.448 e. The molecule has 0 saturated heterocycles. The van der Waals surface area contributed by atoms with Crippen molar-refractivity contribution in [2.45, 2.75) is 0 Å². The molecule has 0 radical (unpaired) electrons. The Morgan fingerprint density at radius 1 is 1.71 bits per heavy atom. The van der Waals surface area contributed by atoms with Gasteiger partial charge in [-0.05, 0) is 6.58 Å². The Morgan fingerprint density at radius 3 is 2.43 bits per heavy atom. The van der Waals surface area contributed by atoms with Gasteiger partial charge in [-0.3, -0.25) is 0 Å². The van der Waals surface area contributed by atoms with Gasteiger partial charge in [0.2, 0.25) is 0 Å². The first-order valence-electron chi connectivity index (χ1n) is 1.75. The summed E-state index contributed by atoms with van der Waals surface area (Å²) in [6, 6.07) is 0. The number of rotatable bonds is 2. The van der Waals surface area contributed by atoms with Gasteiger partial charge in [-0.15, -0.1) is 0 Å². The third-order valence-corrected chi connectivity index (χ3v) is 0.298. The van der Waals surface area contributed by atoms with E-state index in [2.05, 4.69) is 11.3 Å². The molecule has 0 aromatic carbocycles. The zero-order valence-corrected chi connectivity index (χ0v) is 3.92. The summed E-state index contributed by atoms with van der Waals surface area (Å²) in [4.78, 5) is 0. The average molecular weight is 100 g/mol. The Morgan fingerprint density at radius 2 is 2.29 bits per heavy atom. The van der Waals surface area contributed by atoms with Crippen molar-refractivity contribution in [2.24, 2.45) is 11.5 Å². The first-order valence-corrected chi connectivity index (χ1v) is 1.75. The molecule has 0 saturated carbocycles. The maximum Gasteiger partial charge on any atom is 0.182 e. The van der Waals surface area contributed by atoms with Gasteiger partial charge in [-0.1, -0.05) is 0 Å². The number of hydrogen-bond donors (Lipinski definition) is 2. The predicted octanol–water partition coefficient (Wildman–Crippen LogP) is -0.137. The van der Waals surface area contributed by atoms with Crippen molar-refractivity contribution in [3.05, 3.63) is 24.9 Å². The second kappa shape index (κ2) is 3.08. The molecule has 0 aromatic heterocycles. The third-order valence-electron chi connectivity index (χ3n) is 0.298. The molecule has 4 N–H and O–H groups in total. The lowest BCUT2D eigenvalue weighted by Crippen LogP contribution is -1.95. The van der Waals surface area contributed by atoms with E-state index in [9.17, 15) is 0 Å². The molecule has 0 spiro atoms. The van der Waals surface area contributed by atoms with Crippen LogP contribution in [0, 0.1) is 0 Å². The zero-order valence-electron chi connectivity index (χ0n) is 3.92. The van der Waals surface area contributed by atoms with Crippen molar-refractivity contribution in [1.29, 1.82) is 0 Å². The van der Waals surface area contributed by atoms with Crippen molar-refractivity contribution in [2.75, 3.05) is 0 Å². The van der Waals surface area contributed by atoms with Crippen LogP contribution in [0.3, 0.4) is 0 Å². The van der Waals surface area contributed by atoms with Crippen molar-refractivity contribution in [1.82, 2.24) is 0 Å². The first kappa shape index (κ1) is 5.88. The molecule has 3 heteroatoms. The van der Waals surface area contributed by atoms with E-state index in [4.69, 9.17) is 11.5 Å². The largest absolute Gasteiger partial charge is 0.448 e. The SMILES string of the molecule is C=C(N)O/C=C\N. The smallest absolute Gasteiger partial charge is 0.182 e. The molecule has 40 valence electrons. The summed E-state index contributed by atoms with van der Waals surface area (Å²) in [5, 5.41) is 0. The van der Waals surface area contributed by atoms with Crippen LogP contribution in [-0.4, -0.2) is 0 Å². The molecule has 0 unspecified atom stereocenters. The van der Waals surface area contributed by atoms with E-state index in [1.807, 2.05) is 0 Å². The highest BCUT2D eigenvalue weighted by Crippen LogP contribution is 1.78. The quantitative estimate of drug-likeness (QED) is 0.475. The molecule has 0 atom stereocenters. The second-order valence-corrected chi connectivity index (χ2v) is 0.913. The van der Waals surface area contributed by atoms with Crippen LogP contribution >= 0.6 is 0 Å². The van der Waals surface area contributed by atoms with Gasteiger partial charge < -0.3 is 16.2 Å². The molecule has 0 fully saturated rings. The topological polar surface area (TPSA) is 61.3 Å². The van der Waals surface area contributed by atoms with Crippen LogP contribution in [0.25, 0.3) is 0 Å². The van der Waals surface area contributed by atoms with Gasteiger partial charge in [-0.25, -0.2) is 0 Å². The number of ether oxygens (including phenoxy) is 1. The minimum absolute atomic E-state index is 0.140. The summed E-state index contributed by atoms with van der Waals surface area (Å²) in [6.45, 7) is 3.24. The third kappa shape index (κ3) is 4.88. The van der Waals surface area contributed by atoms with Crippen LogP contribution < -0.4 is 11.5 Å². The van der Waals surface area contributed by atoms with Crippen LogP contribution in [0.15, 0.2) is 24.9 Å². The maximum atomic E-state index is 4.96. The van der Waals surface area contributed by atoms with Crippen LogP contribution in [-0.2, 0) is 4.74 Å². The molecular formula is C4H8N2O. The summed E-state index contributed by atoms with van der Waals surface area (Å²) in [7, 11) is 0. The normalized spacial score (nSPS) is 9.14. The fourth-order valence-corrected chi connectivity index (χ4v) is 0.127. The lowest BCUT2D eigenvalue weighted by Gasteiger charge is -1.91. The second-order valence-electron chi connectivity index (χ2n) is 0.913. The molecular weight excluding hydrogens is 92.1 g/mol. The minimum atomic E-state index is 0.140. The van der Waals surface area contributed by atoms with Crippen LogP contribution in [0.2, 0.25) is 0 Å². The van der Waals surface area contributed by atoms with Gasteiger partial charge in [0.05, 0.1) is 0 Å². The van der Waals surface area contributed by atoms with Crippen LogP contribution in [0.1, 0.15) is 0 Å². The highest BCUT2D eigenvalue weighted by atomic mass is 16.5. The lowest BCUT2D eigenvalue weighted by atomic mass is 10.9. The van der Waals surface area contributed by atoms with E-state index in [1.165, 1.54) is 12.5 Å². The Hall–Kier alpha value is -1.12. The molecule has 0 amide bonds. The van der Waals surface area contributed by atoms with E-state index in [-0.39, 0.29) is 5.88 Å². The fourth-order valence-electron chi connectivity index (χ4n) is 0.127. The number of nitrogens with two attached hydrogens (primary N) is 2. The summed E-state index contributed by atoms with van der Waals surface area (Å²) in [5.74, 6) is 0.140. The van der Waals surface area contributed by atoms with Gasteiger partial charge in [0.1, 0.15) is 6.26 Å². The van der Waals surface area contributed by atoms with Gasteiger partial charge in [0, 0.05) is 6.20 Å². The van der Waals surface area contributed by atoms with Gasteiger partial charge in [-0.2, -0.15) is 0 Å². The van der Waals surface area contributed by atoms with Crippen LogP contribution in [0.4, 0.5) is 0 Å². The molecule has 3 nitrogen and oxygen atoms in total. The van der Waals surface area contributed by atoms with Gasteiger partial charge >= 0.3 is 0 Å². The Balaban J connectivity index is 3.14. The van der Waals surface area contributed by atoms with E-state index in [0.29, 0.717) is 0 Å². The summed E-state index contributed by atoms with van der Waals surface area (Å²) >= 11 is 0. The summed E-state index contributed by atoms with van der Waals surface area (Å²) in [5.41, 5.74) is 9.83. The maximum absolute atomic E-state index is 4.96.